The molecule has 5 nitrogen and oxygen atoms in total. The van der Waals surface area contributed by atoms with Crippen molar-refractivity contribution in [2.45, 2.75) is 65.9 Å². The number of nitrogens with zero attached hydrogens (tertiary/aromatic N) is 2. The van der Waals surface area contributed by atoms with Crippen molar-refractivity contribution in [2.24, 2.45) is 11.8 Å². The van der Waals surface area contributed by atoms with Gasteiger partial charge in [0.2, 0.25) is 5.91 Å². The molecule has 1 aliphatic heterocycles. The molecule has 0 saturated carbocycles. The number of carbonyl (C=O) groups excluding carboxylic acids is 2. The van der Waals surface area contributed by atoms with Gasteiger partial charge >= 0.3 is 6.09 Å². The van der Waals surface area contributed by atoms with E-state index < -0.39 is 5.60 Å². The second-order valence-electron chi connectivity index (χ2n) is 7.64. The maximum Gasteiger partial charge on any atom is 0.410 e. The van der Waals surface area contributed by atoms with E-state index in [-0.39, 0.29) is 12.0 Å². The molecule has 0 atom stereocenters. The molecule has 1 rings (SSSR count). The Bertz CT molecular complexity index is 392. The first-order chi connectivity index (χ1) is 10.7. The van der Waals surface area contributed by atoms with Crippen LogP contribution in [0.2, 0.25) is 0 Å². The molecule has 1 heterocycles. The predicted octanol–water partition coefficient (Wildman–Crippen LogP) is 3.53. The molecule has 0 aromatic heterocycles. The summed E-state index contributed by atoms with van der Waals surface area (Å²) < 4.78 is 5.38. The van der Waals surface area contributed by atoms with Gasteiger partial charge in [0.15, 0.2) is 0 Å². The second kappa shape index (κ2) is 8.55. The van der Waals surface area contributed by atoms with Gasteiger partial charge in [-0.3, -0.25) is 4.79 Å². The van der Waals surface area contributed by atoms with Gasteiger partial charge in [0.1, 0.15) is 5.60 Å². The zero-order valence-electron chi connectivity index (χ0n) is 15.7. The molecule has 0 unspecified atom stereocenters. The first kappa shape index (κ1) is 19.8. The fraction of sp³-hybridized carbons (Fsp3) is 0.889. The van der Waals surface area contributed by atoms with Crippen molar-refractivity contribution in [1.29, 1.82) is 0 Å². The van der Waals surface area contributed by atoms with E-state index in [4.69, 9.17) is 4.74 Å². The fourth-order valence-corrected chi connectivity index (χ4v) is 3.03. The standard InChI is InChI=1S/C18H34N2O3/c1-7-15(8-2)16(21)20-11-9-14(10-12-20)13-19(6)17(22)23-18(3,4)5/h14-15H,7-13H2,1-6H3. The van der Waals surface area contributed by atoms with Crippen LogP contribution in [0.1, 0.15) is 60.3 Å². The summed E-state index contributed by atoms with van der Waals surface area (Å²) in [5.74, 6) is 0.906. The topological polar surface area (TPSA) is 49.9 Å². The summed E-state index contributed by atoms with van der Waals surface area (Å²) in [4.78, 5) is 28.1. The normalized spacial score (nSPS) is 16.6. The average Bonchev–Trinajstić information content (AvgIpc) is 2.47. The van der Waals surface area contributed by atoms with Crippen LogP contribution in [0.25, 0.3) is 0 Å². The summed E-state index contributed by atoms with van der Waals surface area (Å²) in [5.41, 5.74) is -0.462. The van der Waals surface area contributed by atoms with Crippen molar-refractivity contribution in [3.63, 3.8) is 0 Å². The van der Waals surface area contributed by atoms with Crippen molar-refractivity contribution in [2.75, 3.05) is 26.7 Å². The zero-order chi connectivity index (χ0) is 17.6. The maximum absolute atomic E-state index is 12.4. The highest BCUT2D eigenvalue weighted by molar-refractivity contribution is 5.78. The van der Waals surface area contributed by atoms with Crippen LogP contribution in [0, 0.1) is 11.8 Å². The van der Waals surface area contributed by atoms with Crippen LogP contribution in [0.15, 0.2) is 0 Å². The monoisotopic (exact) mass is 326 g/mol. The van der Waals surface area contributed by atoms with Crippen LogP contribution in [-0.4, -0.2) is 54.1 Å². The Balaban J connectivity index is 2.42. The van der Waals surface area contributed by atoms with E-state index in [9.17, 15) is 9.59 Å². The SMILES string of the molecule is CCC(CC)C(=O)N1CCC(CN(C)C(=O)OC(C)(C)C)CC1. The molecule has 2 amide bonds. The van der Waals surface area contributed by atoms with E-state index >= 15 is 0 Å². The molecule has 5 heteroatoms. The Hall–Kier alpha value is -1.26. The van der Waals surface area contributed by atoms with E-state index in [2.05, 4.69) is 13.8 Å². The van der Waals surface area contributed by atoms with Crippen molar-refractivity contribution >= 4 is 12.0 Å². The number of hydrogen-bond acceptors (Lipinski definition) is 3. The first-order valence-electron chi connectivity index (χ1n) is 8.90. The van der Waals surface area contributed by atoms with Crippen molar-refractivity contribution in [3.8, 4) is 0 Å². The summed E-state index contributed by atoms with van der Waals surface area (Å²) in [5, 5.41) is 0. The van der Waals surface area contributed by atoms with Gasteiger partial charge < -0.3 is 14.5 Å². The minimum atomic E-state index is -0.462. The molecule has 0 N–H and O–H groups in total. The number of carbonyl (C=O) groups is 2. The lowest BCUT2D eigenvalue weighted by Crippen LogP contribution is -2.44. The quantitative estimate of drug-likeness (QED) is 0.776. The van der Waals surface area contributed by atoms with E-state index in [0.29, 0.717) is 18.4 Å². The third kappa shape index (κ3) is 6.40. The van der Waals surface area contributed by atoms with Crippen LogP contribution in [0.4, 0.5) is 4.79 Å². The lowest BCUT2D eigenvalue weighted by Gasteiger charge is -2.35. The molecule has 23 heavy (non-hydrogen) atoms. The molecule has 0 aromatic carbocycles. The van der Waals surface area contributed by atoms with Crippen LogP contribution in [0.3, 0.4) is 0 Å². The Kier molecular flexibility index (Phi) is 7.36. The number of amides is 2. The van der Waals surface area contributed by atoms with Crippen molar-refractivity contribution < 1.29 is 14.3 Å². The molecule has 1 aliphatic rings. The number of ether oxygens (including phenoxy) is 1. The fourth-order valence-electron chi connectivity index (χ4n) is 3.03. The molecule has 0 aromatic rings. The van der Waals surface area contributed by atoms with Gasteiger partial charge in [-0.05, 0) is 52.4 Å². The molecule has 0 aliphatic carbocycles. The highest BCUT2D eigenvalue weighted by atomic mass is 16.6. The number of hydrogen-bond donors (Lipinski definition) is 0. The Morgan fingerprint density at radius 1 is 1.17 bits per heavy atom. The largest absolute Gasteiger partial charge is 0.444 e. The summed E-state index contributed by atoms with van der Waals surface area (Å²) >= 11 is 0. The van der Waals surface area contributed by atoms with Gasteiger partial charge in [-0.15, -0.1) is 0 Å². The first-order valence-corrected chi connectivity index (χ1v) is 8.90. The Morgan fingerprint density at radius 3 is 2.13 bits per heavy atom. The molecule has 1 fully saturated rings. The van der Waals surface area contributed by atoms with Crippen LogP contribution < -0.4 is 0 Å². The van der Waals surface area contributed by atoms with E-state index in [0.717, 1.165) is 38.8 Å². The zero-order valence-corrected chi connectivity index (χ0v) is 15.7. The van der Waals surface area contributed by atoms with E-state index in [1.165, 1.54) is 0 Å². The molecular weight excluding hydrogens is 292 g/mol. The molecule has 0 radical (unpaired) electrons. The smallest absolute Gasteiger partial charge is 0.410 e. The molecule has 0 bridgehead atoms. The molecule has 1 saturated heterocycles. The average molecular weight is 326 g/mol. The summed E-state index contributed by atoms with van der Waals surface area (Å²) in [6.45, 7) is 12.1. The van der Waals surface area contributed by atoms with Crippen molar-refractivity contribution in [1.82, 2.24) is 9.80 Å². The molecular formula is C18H34N2O3. The van der Waals surface area contributed by atoms with Crippen LogP contribution in [0.5, 0.6) is 0 Å². The highest BCUT2D eigenvalue weighted by Gasteiger charge is 2.28. The molecule has 0 spiro atoms. The lowest BCUT2D eigenvalue weighted by molar-refractivity contribution is -0.137. The summed E-state index contributed by atoms with van der Waals surface area (Å²) in [6, 6.07) is 0. The van der Waals surface area contributed by atoms with Gasteiger partial charge in [-0.1, -0.05) is 13.8 Å². The highest BCUT2D eigenvalue weighted by Crippen LogP contribution is 2.22. The van der Waals surface area contributed by atoms with Gasteiger partial charge in [0, 0.05) is 32.6 Å². The predicted molar refractivity (Wildman–Crippen MR) is 92.2 cm³/mol. The summed E-state index contributed by atoms with van der Waals surface area (Å²) in [7, 11) is 1.79. The second-order valence-corrected chi connectivity index (χ2v) is 7.64. The van der Waals surface area contributed by atoms with E-state index in [1.54, 1.807) is 11.9 Å². The van der Waals surface area contributed by atoms with Gasteiger partial charge in [0.05, 0.1) is 0 Å². The Labute approximate surface area is 141 Å². The third-order valence-corrected chi connectivity index (χ3v) is 4.50. The minimum absolute atomic E-state index is 0.163. The summed E-state index contributed by atoms with van der Waals surface area (Å²) in [6.07, 6.45) is 3.47. The van der Waals surface area contributed by atoms with Crippen LogP contribution >= 0.6 is 0 Å². The van der Waals surface area contributed by atoms with Crippen molar-refractivity contribution in [3.05, 3.63) is 0 Å². The van der Waals surface area contributed by atoms with E-state index in [1.807, 2.05) is 25.7 Å². The van der Waals surface area contributed by atoms with Gasteiger partial charge in [0.25, 0.3) is 0 Å². The number of rotatable bonds is 5. The third-order valence-electron chi connectivity index (χ3n) is 4.50. The van der Waals surface area contributed by atoms with Gasteiger partial charge in [-0.2, -0.15) is 0 Å². The van der Waals surface area contributed by atoms with Crippen LogP contribution in [-0.2, 0) is 9.53 Å². The maximum atomic E-state index is 12.4. The number of piperidine rings is 1. The molecule has 134 valence electrons. The minimum Gasteiger partial charge on any atom is -0.444 e. The number of likely N-dealkylation sites (tertiary alicyclic amines) is 1. The lowest BCUT2D eigenvalue weighted by atomic mass is 9.94. The van der Waals surface area contributed by atoms with Gasteiger partial charge in [-0.25, -0.2) is 4.79 Å². The Morgan fingerprint density at radius 2 is 1.70 bits per heavy atom.